The number of epoxide rings is 1. The highest BCUT2D eigenvalue weighted by Crippen LogP contribution is 2.38. The zero-order chi connectivity index (χ0) is 19.0. The number of fused-ring (bicyclic) bond motifs is 2. The van der Waals surface area contributed by atoms with Gasteiger partial charge in [-0.1, -0.05) is 17.7 Å². The maximum Gasteiger partial charge on any atom is 0.342 e. The Hall–Kier alpha value is -2.09. The molecule has 1 saturated heterocycles. The molecule has 0 saturated carbocycles. The summed E-state index contributed by atoms with van der Waals surface area (Å²) in [6.07, 6.45) is 1.32. The normalized spacial score (nSPS) is 29.3. The van der Waals surface area contributed by atoms with Crippen LogP contribution in [0.25, 0.3) is 0 Å². The van der Waals surface area contributed by atoms with E-state index in [1.807, 2.05) is 0 Å². The van der Waals surface area contributed by atoms with Crippen molar-refractivity contribution in [1.29, 1.82) is 0 Å². The number of cyclic esters (lactones) is 1. The van der Waals surface area contributed by atoms with E-state index in [1.165, 1.54) is 12.2 Å². The third-order valence-corrected chi connectivity index (χ3v) is 4.84. The first kappa shape index (κ1) is 18.7. The lowest BCUT2D eigenvalue weighted by molar-refractivity contribution is -0.114. The molecular weight excluding hydrogens is 364 g/mol. The highest BCUT2D eigenvalue weighted by molar-refractivity contribution is 6.33. The largest absolute Gasteiger partial charge is 0.507 e. The van der Waals surface area contributed by atoms with Crippen LogP contribution in [0.1, 0.15) is 35.7 Å². The first-order valence-corrected chi connectivity index (χ1v) is 8.63. The SMILES string of the molecule is C[C@@H]1C[C@H]2O[C@@H]2C[C@H](O)C=CC(=O)Cc2c(Cl)c(O)cc(O)c2C(=O)O1. The number of aromatic hydroxyl groups is 2. The molecule has 2 aliphatic rings. The Morgan fingerprint density at radius 2 is 1.85 bits per heavy atom. The van der Waals surface area contributed by atoms with Crippen LogP contribution in [0.5, 0.6) is 11.5 Å². The van der Waals surface area contributed by atoms with Crippen molar-refractivity contribution in [3.8, 4) is 11.5 Å². The van der Waals surface area contributed by atoms with Crippen molar-refractivity contribution >= 4 is 23.4 Å². The number of hydrogen-bond acceptors (Lipinski definition) is 7. The van der Waals surface area contributed by atoms with Crippen molar-refractivity contribution in [2.75, 3.05) is 0 Å². The zero-order valence-electron chi connectivity index (χ0n) is 14.0. The predicted octanol–water partition coefficient (Wildman–Crippen LogP) is 1.89. The summed E-state index contributed by atoms with van der Waals surface area (Å²) in [4.78, 5) is 24.7. The monoisotopic (exact) mass is 382 g/mol. The number of phenolic OH excluding ortho intramolecular Hbond substituents is 2. The number of halogens is 1. The molecule has 0 aromatic heterocycles. The molecule has 0 amide bonds. The Labute approximate surface area is 154 Å². The Balaban J connectivity index is 1.99. The highest BCUT2D eigenvalue weighted by Gasteiger charge is 2.41. The lowest BCUT2D eigenvalue weighted by Gasteiger charge is -2.17. The van der Waals surface area contributed by atoms with Crippen LogP contribution < -0.4 is 0 Å². The van der Waals surface area contributed by atoms with Gasteiger partial charge in [-0.25, -0.2) is 4.79 Å². The van der Waals surface area contributed by atoms with Crippen molar-refractivity contribution in [1.82, 2.24) is 0 Å². The lowest BCUT2D eigenvalue weighted by atomic mass is 9.99. The molecule has 26 heavy (non-hydrogen) atoms. The molecule has 140 valence electrons. The van der Waals surface area contributed by atoms with Gasteiger partial charge in [-0.05, 0) is 13.0 Å². The average Bonchev–Trinajstić information content (AvgIpc) is 3.26. The number of rotatable bonds is 0. The summed E-state index contributed by atoms with van der Waals surface area (Å²) in [6, 6.07) is 0.931. The van der Waals surface area contributed by atoms with E-state index >= 15 is 0 Å². The fraction of sp³-hybridized carbons (Fsp3) is 0.444. The van der Waals surface area contributed by atoms with Crippen molar-refractivity contribution in [3.05, 3.63) is 34.4 Å². The number of aliphatic hydroxyl groups excluding tert-OH is 1. The average molecular weight is 383 g/mol. The number of esters is 1. The van der Waals surface area contributed by atoms with E-state index < -0.39 is 35.5 Å². The summed E-state index contributed by atoms with van der Waals surface area (Å²) < 4.78 is 10.8. The summed E-state index contributed by atoms with van der Waals surface area (Å²) >= 11 is 6.05. The molecule has 3 N–H and O–H groups in total. The van der Waals surface area contributed by atoms with Gasteiger partial charge >= 0.3 is 5.97 Å². The Morgan fingerprint density at radius 3 is 2.58 bits per heavy atom. The van der Waals surface area contributed by atoms with Crippen LogP contribution >= 0.6 is 11.6 Å². The van der Waals surface area contributed by atoms with Gasteiger partial charge in [-0.3, -0.25) is 4.79 Å². The molecule has 0 spiro atoms. The third-order valence-electron chi connectivity index (χ3n) is 4.41. The van der Waals surface area contributed by atoms with E-state index in [-0.39, 0.29) is 34.8 Å². The van der Waals surface area contributed by atoms with Crippen molar-refractivity contribution < 1.29 is 34.4 Å². The van der Waals surface area contributed by atoms with Gasteiger partial charge < -0.3 is 24.8 Å². The molecule has 1 aromatic rings. The van der Waals surface area contributed by atoms with Crippen molar-refractivity contribution in [2.45, 2.75) is 50.6 Å². The van der Waals surface area contributed by atoms with Gasteiger partial charge in [0.05, 0.1) is 23.3 Å². The van der Waals surface area contributed by atoms with Gasteiger partial charge in [0.15, 0.2) is 5.78 Å². The summed E-state index contributed by atoms with van der Waals surface area (Å²) in [5, 5.41) is 29.7. The van der Waals surface area contributed by atoms with Crippen LogP contribution in [0.4, 0.5) is 0 Å². The molecule has 0 radical (unpaired) electrons. The quantitative estimate of drug-likeness (QED) is 0.463. The topological polar surface area (TPSA) is 117 Å². The molecule has 8 heteroatoms. The van der Waals surface area contributed by atoms with Gasteiger partial charge in [0.25, 0.3) is 0 Å². The summed E-state index contributed by atoms with van der Waals surface area (Å²) in [5.74, 6) is -2.26. The van der Waals surface area contributed by atoms with Crippen molar-refractivity contribution in [2.24, 2.45) is 0 Å². The van der Waals surface area contributed by atoms with Crippen LogP contribution in [0.3, 0.4) is 0 Å². The zero-order valence-corrected chi connectivity index (χ0v) is 14.8. The molecule has 2 heterocycles. The van der Waals surface area contributed by atoms with Gasteiger partial charge in [0.1, 0.15) is 23.2 Å². The second-order valence-electron chi connectivity index (χ2n) is 6.55. The summed E-state index contributed by atoms with van der Waals surface area (Å²) in [6.45, 7) is 1.68. The molecule has 0 aliphatic carbocycles. The summed E-state index contributed by atoms with van der Waals surface area (Å²) in [7, 11) is 0. The number of phenols is 2. The first-order valence-electron chi connectivity index (χ1n) is 8.25. The molecule has 0 unspecified atom stereocenters. The second kappa shape index (κ2) is 7.26. The smallest absolute Gasteiger partial charge is 0.342 e. The number of carbonyl (C=O) groups excluding carboxylic acids is 2. The number of ether oxygens (including phenoxy) is 2. The van der Waals surface area contributed by atoms with E-state index in [4.69, 9.17) is 21.1 Å². The fourth-order valence-corrected chi connectivity index (χ4v) is 3.27. The fourth-order valence-electron chi connectivity index (χ4n) is 3.06. The standard InChI is InChI=1S/C18H19ClO7/c1-8-4-14-15(26-14)6-10(21)3-2-9(20)5-11-16(18(24)25-8)12(22)7-13(23)17(11)19/h2-3,7-8,10,14-15,21-23H,4-6H2,1H3/t8-,10-,14-,15-/m1/s1. The number of carbonyl (C=O) groups is 2. The van der Waals surface area contributed by atoms with E-state index in [9.17, 15) is 24.9 Å². The van der Waals surface area contributed by atoms with E-state index in [0.717, 1.165) is 6.07 Å². The molecular formula is C18H19ClO7. The third kappa shape index (κ3) is 4.00. The van der Waals surface area contributed by atoms with E-state index in [0.29, 0.717) is 12.8 Å². The molecule has 2 aliphatic heterocycles. The maximum atomic E-state index is 12.5. The van der Waals surface area contributed by atoms with E-state index in [1.54, 1.807) is 6.92 Å². The Kier molecular flexibility index (Phi) is 5.22. The Morgan fingerprint density at radius 1 is 1.15 bits per heavy atom. The van der Waals surface area contributed by atoms with Crippen molar-refractivity contribution in [3.63, 3.8) is 0 Å². The predicted molar refractivity (Wildman–Crippen MR) is 91.4 cm³/mol. The minimum Gasteiger partial charge on any atom is -0.507 e. The second-order valence-corrected chi connectivity index (χ2v) is 6.93. The number of benzene rings is 1. The molecule has 1 fully saturated rings. The minimum absolute atomic E-state index is 0.0249. The Bertz CT molecular complexity index is 773. The number of ketones is 1. The van der Waals surface area contributed by atoms with Gasteiger partial charge in [-0.2, -0.15) is 0 Å². The number of allylic oxidation sites excluding steroid dienone is 1. The molecule has 7 nitrogen and oxygen atoms in total. The van der Waals surface area contributed by atoms with Gasteiger partial charge in [-0.15, -0.1) is 0 Å². The van der Waals surface area contributed by atoms with Crippen LogP contribution in [0, 0.1) is 0 Å². The minimum atomic E-state index is -0.845. The number of hydrogen-bond donors (Lipinski definition) is 3. The molecule has 3 rings (SSSR count). The van der Waals surface area contributed by atoms with Crippen LogP contribution in [0.2, 0.25) is 5.02 Å². The van der Waals surface area contributed by atoms with Gasteiger partial charge in [0.2, 0.25) is 0 Å². The molecule has 1 aromatic carbocycles. The van der Waals surface area contributed by atoms with E-state index in [2.05, 4.69) is 0 Å². The molecule has 4 atom stereocenters. The maximum absolute atomic E-state index is 12.5. The first-order chi connectivity index (χ1) is 12.3. The van der Waals surface area contributed by atoms with Gasteiger partial charge in [0, 0.05) is 30.9 Å². The highest BCUT2D eigenvalue weighted by atomic mass is 35.5. The van der Waals surface area contributed by atoms with Crippen LogP contribution in [-0.2, 0) is 20.7 Å². The van der Waals surface area contributed by atoms with Crippen LogP contribution in [0.15, 0.2) is 18.2 Å². The number of aliphatic hydroxyl groups is 1. The lowest BCUT2D eigenvalue weighted by Crippen LogP contribution is -2.20. The van der Waals surface area contributed by atoms with Crippen LogP contribution in [-0.4, -0.2) is 51.5 Å². The summed E-state index contributed by atoms with van der Waals surface area (Å²) in [5.41, 5.74) is -0.282. The molecule has 0 bridgehead atoms.